The summed E-state index contributed by atoms with van der Waals surface area (Å²) >= 11 is 0.922. The molecule has 2 rings (SSSR count). The smallest absolute Gasteiger partial charge is 0.347 e. The van der Waals surface area contributed by atoms with E-state index in [1.165, 1.54) is 15.8 Å². The van der Waals surface area contributed by atoms with Crippen molar-refractivity contribution in [2.24, 2.45) is 0 Å². The van der Waals surface area contributed by atoms with E-state index in [9.17, 15) is 13.2 Å². The largest absolute Gasteiger partial charge is 0.477 e. The van der Waals surface area contributed by atoms with E-state index in [0.717, 1.165) is 11.3 Å². The lowest BCUT2D eigenvalue weighted by Gasteiger charge is -2.37. The summed E-state index contributed by atoms with van der Waals surface area (Å²) in [5.41, 5.74) is 0. The average Bonchev–Trinajstić information content (AvgIpc) is 2.88. The second-order valence-electron chi connectivity index (χ2n) is 4.70. The molecule has 1 aliphatic rings. The van der Waals surface area contributed by atoms with Crippen LogP contribution in [0.25, 0.3) is 0 Å². The molecular weight excluding hydrogens is 302 g/mol. The third kappa shape index (κ3) is 2.73. The number of nitrogens with zero attached hydrogens (tertiary/aromatic N) is 1. The van der Waals surface area contributed by atoms with Gasteiger partial charge in [-0.25, -0.2) is 13.2 Å². The molecule has 1 fully saturated rings. The Morgan fingerprint density at radius 3 is 2.90 bits per heavy atom. The lowest BCUT2D eigenvalue weighted by molar-refractivity contribution is -0.0230. The van der Waals surface area contributed by atoms with Crippen molar-refractivity contribution < 1.29 is 23.1 Å². The summed E-state index contributed by atoms with van der Waals surface area (Å²) in [5, 5.41) is 10.6. The minimum absolute atomic E-state index is 0.123. The van der Waals surface area contributed by atoms with Gasteiger partial charge in [-0.1, -0.05) is 6.92 Å². The van der Waals surface area contributed by atoms with Gasteiger partial charge in [-0.3, -0.25) is 0 Å². The van der Waals surface area contributed by atoms with Gasteiger partial charge in [0, 0.05) is 12.6 Å². The number of hydrogen-bond acceptors (Lipinski definition) is 5. The fourth-order valence-electron chi connectivity index (χ4n) is 2.21. The highest BCUT2D eigenvalue weighted by Crippen LogP contribution is 2.29. The lowest BCUT2D eigenvalue weighted by Crippen LogP contribution is -2.51. The first kappa shape index (κ1) is 15.4. The van der Waals surface area contributed by atoms with Crippen molar-refractivity contribution in [1.29, 1.82) is 0 Å². The van der Waals surface area contributed by atoms with Gasteiger partial charge in [0.15, 0.2) is 0 Å². The van der Waals surface area contributed by atoms with Gasteiger partial charge in [-0.15, -0.1) is 11.3 Å². The van der Waals surface area contributed by atoms with Gasteiger partial charge in [0.1, 0.15) is 9.77 Å². The van der Waals surface area contributed by atoms with Crippen molar-refractivity contribution in [2.75, 3.05) is 13.2 Å². The van der Waals surface area contributed by atoms with Crippen LogP contribution in [0.3, 0.4) is 0 Å². The van der Waals surface area contributed by atoms with E-state index in [1.54, 1.807) is 6.92 Å². The monoisotopic (exact) mass is 319 g/mol. The van der Waals surface area contributed by atoms with Gasteiger partial charge < -0.3 is 9.84 Å². The van der Waals surface area contributed by atoms with Crippen molar-refractivity contribution in [1.82, 2.24) is 4.31 Å². The molecule has 112 valence electrons. The number of sulfonamides is 1. The second kappa shape index (κ2) is 5.80. The predicted octanol–water partition coefficient (Wildman–Crippen LogP) is 1.63. The van der Waals surface area contributed by atoms with Gasteiger partial charge in [-0.05, 0) is 24.8 Å². The number of morpholine rings is 1. The van der Waals surface area contributed by atoms with E-state index < -0.39 is 16.0 Å². The molecule has 2 heterocycles. The Kier molecular flexibility index (Phi) is 4.48. The third-order valence-electron chi connectivity index (χ3n) is 3.30. The summed E-state index contributed by atoms with van der Waals surface area (Å²) in [4.78, 5) is 10.9. The quantitative estimate of drug-likeness (QED) is 0.912. The van der Waals surface area contributed by atoms with Crippen LogP contribution in [0.2, 0.25) is 0 Å². The van der Waals surface area contributed by atoms with E-state index in [4.69, 9.17) is 9.84 Å². The van der Waals surface area contributed by atoms with Crippen LogP contribution in [0.15, 0.2) is 16.3 Å². The first-order chi connectivity index (χ1) is 9.37. The number of hydrogen-bond donors (Lipinski definition) is 1. The van der Waals surface area contributed by atoms with Crippen LogP contribution in [-0.4, -0.2) is 49.1 Å². The third-order valence-corrected chi connectivity index (χ3v) is 6.29. The van der Waals surface area contributed by atoms with Crippen molar-refractivity contribution in [2.45, 2.75) is 37.3 Å². The molecule has 0 aliphatic carbocycles. The number of rotatable bonds is 4. The number of carboxylic acids is 1. The topological polar surface area (TPSA) is 83.9 Å². The zero-order valence-corrected chi connectivity index (χ0v) is 12.9. The van der Waals surface area contributed by atoms with E-state index >= 15 is 0 Å². The maximum Gasteiger partial charge on any atom is 0.347 e. The fraction of sp³-hybridized carbons (Fsp3) is 0.583. The summed E-state index contributed by atoms with van der Waals surface area (Å²) in [6.45, 7) is 4.28. The zero-order chi connectivity index (χ0) is 14.9. The Morgan fingerprint density at radius 1 is 1.60 bits per heavy atom. The van der Waals surface area contributed by atoms with Gasteiger partial charge in [0.2, 0.25) is 10.0 Å². The Morgan fingerprint density at radius 2 is 2.30 bits per heavy atom. The van der Waals surface area contributed by atoms with Gasteiger partial charge >= 0.3 is 5.97 Å². The van der Waals surface area contributed by atoms with Crippen LogP contribution < -0.4 is 0 Å². The first-order valence-electron chi connectivity index (χ1n) is 6.32. The zero-order valence-electron chi connectivity index (χ0n) is 11.3. The van der Waals surface area contributed by atoms with Gasteiger partial charge in [-0.2, -0.15) is 4.31 Å². The van der Waals surface area contributed by atoms with Crippen LogP contribution in [-0.2, 0) is 14.8 Å². The van der Waals surface area contributed by atoms with Gasteiger partial charge in [0.25, 0.3) is 0 Å². The van der Waals surface area contributed by atoms with E-state index in [0.29, 0.717) is 13.0 Å². The number of carbonyl (C=O) groups is 1. The molecule has 2 unspecified atom stereocenters. The molecule has 0 saturated carbocycles. The molecule has 1 N–H and O–H groups in total. The Bertz CT molecular complexity index is 595. The summed E-state index contributed by atoms with van der Waals surface area (Å²) < 4.78 is 32.3. The summed E-state index contributed by atoms with van der Waals surface area (Å²) in [7, 11) is -3.81. The highest BCUT2D eigenvalue weighted by Gasteiger charge is 2.37. The molecule has 0 spiro atoms. The standard InChI is InChI=1S/C12H17NO5S2/c1-3-9-7-18-8(2)6-13(9)20(16,17)10-4-5-19-11(10)12(14)15/h4-5,8-9H,3,6-7H2,1-2H3,(H,14,15). The minimum Gasteiger partial charge on any atom is -0.477 e. The summed E-state index contributed by atoms with van der Waals surface area (Å²) in [6.07, 6.45) is 0.429. The molecular formula is C12H17NO5S2. The van der Waals surface area contributed by atoms with Crippen molar-refractivity contribution >= 4 is 27.3 Å². The van der Waals surface area contributed by atoms with Crippen LogP contribution in [0.1, 0.15) is 29.9 Å². The molecule has 0 aromatic carbocycles. The molecule has 1 aromatic rings. The molecule has 1 aromatic heterocycles. The number of thiophene rings is 1. The molecule has 0 amide bonds. The molecule has 0 radical (unpaired) electrons. The maximum atomic E-state index is 12.7. The summed E-state index contributed by atoms with van der Waals surface area (Å²) in [6, 6.07) is 1.11. The van der Waals surface area contributed by atoms with Crippen molar-refractivity contribution in [3.8, 4) is 0 Å². The molecule has 20 heavy (non-hydrogen) atoms. The minimum atomic E-state index is -3.81. The number of aromatic carboxylic acids is 1. The molecule has 0 bridgehead atoms. The molecule has 8 heteroatoms. The summed E-state index contributed by atoms with van der Waals surface area (Å²) in [5.74, 6) is -1.21. The molecule has 6 nitrogen and oxygen atoms in total. The SMILES string of the molecule is CCC1COC(C)CN1S(=O)(=O)c1ccsc1C(=O)O. The Labute approximate surface area is 122 Å². The van der Waals surface area contributed by atoms with Gasteiger partial charge in [0.05, 0.1) is 12.7 Å². The van der Waals surface area contributed by atoms with Crippen LogP contribution in [0, 0.1) is 0 Å². The van der Waals surface area contributed by atoms with Crippen LogP contribution in [0.5, 0.6) is 0 Å². The Balaban J connectivity index is 2.42. The molecule has 2 atom stereocenters. The van der Waals surface area contributed by atoms with Crippen molar-refractivity contribution in [3.63, 3.8) is 0 Å². The van der Waals surface area contributed by atoms with E-state index in [2.05, 4.69) is 0 Å². The first-order valence-corrected chi connectivity index (χ1v) is 8.64. The normalized spacial score (nSPS) is 24.7. The average molecular weight is 319 g/mol. The van der Waals surface area contributed by atoms with E-state index in [-0.39, 0.29) is 28.5 Å². The highest BCUT2D eigenvalue weighted by molar-refractivity contribution is 7.89. The van der Waals surface area contributed by atoms with Crippen molar-refractivity contribution in [3.05, 3.63) is 16.3 Å². The highest BCUT2D eigenvalue weighted by atomic mass is 32.2. The maximum absolute atomic E-state index is 12.7. The van der Waals surface area contributed by atoms with Crippen LogP contribution in [0.4, 0.5) is 0 Å². The molecule has 1 saturated heterocycles. The second-order valence-corrected chi connectivity index (χ2v) is 7.47. The lowest BCUT2D eigenvalue weighted by atomic mass is 10.2. The number of ether oxygens (including phenoxy) is 1. The van der Waals surface area contributed by atoms with Crippen LogP contribution >= 0.6 is 11.3 Å². The number of carboxylic acid groups (broad SMARTS) is 1. The molecule has 1 aliphatic heterocycles. The van der Waals surface area contributed by atoms with E-state index in [1.807, 2.05) is 6.92 Å². The fourth-order valence-corrected chi connectivity index (χ4v) is 5.21. The Hall–Kier alpha value is -0.960. The predicted molar refractivity (Wildman–Crippen MR) is 74.7 cm³/mol.